The zero-order valence-corrected chi connectivity index (χ0v) is 20.3. The maximum absolute atomic E-state index is 14.0. The number of nitrogen functional groups attached to an aromatic ring is 1. The number of hydrogen-bond acceptors (Lipinski definition) is 9. The minimum atomic E-state index is -0.581. The molecule has 1 aromatic rings. The summed E-state index contributed by atoms with van der Waals surface area (Å²) in [5.41, 5.74) is 6.86. The second-order valence-corrected chi connectivity index (χ2v) is 10.5. The Morgan fingerprint density at radius 1 is 1.29 bits per heavy atom. The molecule has 34 heavy (non-hydrogen) atoms. The third-order valence-electron chi connectivity index (χ3n) is 6.78. The smallest absolute Gasteiger partial charge is 0.180 e. The van der Waals surface area contributed by atoms with Gasteiger partial charge in [-0.15, -0.1) is 16.2 Å². The Hall–Kier alpha value is -2.14. The van der Waals surface area contributed by atoms with E-state index in [2.05, 4.69) is 15.1 Å². The molecule has 3 heterocycles. The van der Waals surface area contributed by atoms with Gasteiger partial charge < -0.3 is 15.6 Å². The molecule has 0 aromatic carbocycles. The second kappa shape index (κ2) is 12.0. The molecule has 4 rings (SSSR count). The van der Waals surface area contributed by atoms with Gasteiger partial charge in [0.1, 0.15) is 24.4 Å². The van der Waals surface area contributed by atoms with Crippen molar-refractivity contribution >= 4 is 16.5 Å². The molecule has 186 valence electrons. The number of thiazole rings is 1. The number of hydrogen-bond donors (Lipinski definition) is 2. The Kier molecular flexibility index (Phi) is 8.82. The van der Waals surface area contributed by atoms with Crippen LogP contribution in [0.25, 0.3) is 0 Å². The maximum Gasteiger partial charge on any atom is 0.180 e. The summed E-state index contributed by atoms with van der Waals surface area (Å²) in [7, 11) is 0. The highest BCUT2D eigenvalue weighted by atomic mass is 32.1. The number of piperidine rings is 1. The standard InChI is InChI=1S/C24H34FN5O3S/c25-19-5-6-20-13-18(12-19)22(28-32)4-2-8-30(9-10-33-20)23(31)11-17-3-1-7-29(15-17)16-21-14-27-24(26)34-21/h5-6,14,17,23,31H,1-4,7-13,15-16H2,(H2,26,27)/b22-18+. The van der Waals surface area contributed by atoms with Crippen molar-refractivity contribution < 1.29 is 14.2 Å². The molecule has 1 fully saturated rings. The van der Waals surface area contributed by atoms with Crippen LogP contribution in [0.3, 0.4) is 0 Å². The molecule has 0 saturated carbocycles. The van der Waals surface area contributed by atoms with Crippen LogP contribution in [0, 0.1) is 10.8 Å². The van der Waals surface area contributed by atoms with Gasteiger partial charge in [-0.1, -0.05) is 0 Å². The first kappa shape index (κ1) is 25.0. The fourth-order valence-corrected chi connectivity index (χ4v) is 5.80. The predicted molar refractivity (Wildman–Crippen MR) is 131 cm³/mol. The lowest BCUT2D eigenvalue weighted by Crippen LogP contribution is -2.42. The lowest BCUT2D eigenvalue weighted by atomic mass is 9.93. The molecule has 2 aliphatic heterocycles. The summed E-state index contributed by atoms with van der Waals surface area (Å²) in [6.07, 6.45) is 8.84. The van der Waals surface area contributed by atoms with Gasteiger partial charge in [-0.2, -0.15) is 0 Å². The summed E-state index contributed by atoms with van der Waals surface area (Å²) >= 11 is 1.53. The Morgan fingerprint density at radius 2 is 2.18 bits per heavy atom. The van der Waals surface area contributed by atoms with E-state index in [4.69, 9.17) is 10.5 Å². The molecule has 1 aliphatic carbocycles. The number of ether oxygens (including phenoxy) is 1. The molecule has 1 saturated heterocycles. The van der Waals surface area contributed by atoms with E-state index in [1.165, 1.54) is 22.3 Å². The molecular weight excluding hydrogens is 457 g/mol. The number of nitrogens with two attached hydrogens (primary N) is 1. The van der Waals surface area contributed by atoms with Crippen LogP contribution in [0.15, 0.2) is 46.4 Å². The van der Waals surface area contributed by atoms with E-state index >= 15 is 0 Å². The number of rotatable bonds is 6. The minimum Gasteiger partial charge on any atom is -0.496 e. The summed E-state index contributed by atoms with van der Waals surface area (Å²) in [4.78, 5) is 21.2. The van der Waals surface area contributed by atoms with Gasteiger partial charge in [0.25, 0.3) is 0 Å². The zero-order chi connectivity index (χ0) is 23.9. The van der Waals surface area contributed by atoms with Crippen molar-refractivity contribution in [1.82, 2.24) is 14.8 Å². The van der Waals surface area contributed by atoms with Gasteiger partial charge in [0.05, 0.1) is 5.70 Å². The summed E-state index contributed by atoms with van der Waals surface area (Å²) in [5.74, 6) is 0.747. The van der Waals surface area contributed by atoms with Crippen LogP contribution in [0.4, 0.5) is 9.52 Å². The van der Waals surface area contributed by atoms with Crippen LogP contribution in [-0.4, -0.2) is 58.9 Å². The van der Waals surface area contributed by atoms with Gasteiger partial charge in [-0.25, -0.2) is 9.37 Å². The minimum absolute atomic E-state index is 0.100. The van der Waals surface area contributed by atoms with Crippen molar-refractivity contribution in [3.05, 3.63) is 51.0 Å². The first-order valence-corrected chi connectivity index (χ1v) is 12.9. The predicted octanol–water partition coefficient (Wildman–Crippen LogP) is 4.31. The van der Waals surface area contributed by atoms with E-state index in [1.807, 2.05) is 11.1 Å². The van der Waals surface area contributed by atoms with E-state index in [0.29, 0.717) is 73.5 Å². The number of halogens is 1. The van der Waals surface area contributed by atoms with Crippen LogP contribution >= 0.6 is 11.3 Å². The number of nitroso groups, excluding NO2 is 1. The summed E-state index contributed by atoms with van der Waals surface area (Å²) in [6.45, 7) is 4.43. The summed E-state index contributed by atoms with van der Waals surface area (Å²) < 4.78 is 19.9. The van der Waals surface area contributed by atoms with Crippen molar-refractivity contribution in [3.8, 4) is 0 Å². The van der Waals surface area contributed by atoms with Crippen molar-refractivity contribution in [1.29, 1.82) is 0 Å². The van der Waals surface area contributed by atoms with Crippen LogP contribution in [-0.2, 0) is 11.3 Å². The number of likely N-dealkylation sites (tertiary alicyclic amines) is 1. The average Bonchev–Trinajstić information content (AvgIpc) is 3.11. The monoisotopic (exact) mass is 491 g/mol. The van der Waals surface area contributed by atoms with Crippen LogP contribution < -0.4 is 5.73 Å². The van der Waals surface area contributed by atoms with Crippen molar-refractivity contribution in [2.75, 3.05) is 38.5 Å². The number of aliphatic hydroxyl groups is 1. The molecule has 0 radical (unpaired) electrons. The fraction of sp³-hybridized carbons (Fsp3) is 0.625. The number of aliphatic hydroxyl groups excluding tert-OH is 1. The molecule has 10 heteroatoms. The van der Waals surface area contributed by atoms with E-state index in [-0.39, 0.29) is 12.2 Å². The lowest BCUT2D eigenvalue weighted by molar-refractivity contribution is -0.0318. The number of anilines is 1. The first-order valence-electron chi connectivity index (χ1n) is 12.1. The first-order chi connectivity index (χ1) is 16.5. The molecule has 8 nitrogen and oxygen atoms in total. The van der Waals surface area contributed by atoms with Crippen LogP contribution in [0.1, 0.15) is 49.8 Å². The van der Waals surface area contributed by atoms with E-state index < -0.39 is 6.23 Å². The highest BCUT2D eigenvalue weighted by Crippen LogP contribution is 2.31. The SMILES string of the molecule is Nc1ncc(CN2CCCC(CC(O)N3CCC/C(N=O)=C4/CC(F)=CC=C(C4)OCC3)C2)s1. The zero-order valence-electron chi connectivity index (χ0n) is 19.5. The molecule has 3 aliphatic rings. The van der Waals surface area contributed by atoms with Gasteiger partial charge in [0, 0.05) is 50.1 Å². The summed E-state index contributed by atoms with van der Waals surface area (Å²) in [6, 6.07) is 0. The van der Waals surface area contributed by atoms with Gasteiger partial charge in [-0.3, -0.25) is 9.80 Å². The maximum atomic E-state index is 14.0. The van der Waals surface area contributed by atoms with Crippen LogP contribution in [0.5, 0.6) is 0 Å². The largest absolute Gasteiger partial charge is 0.496 e. The Labute approximate surface area is 203 Å². The van der Waals surface area contributed by atoms with Gasteiger partial charge in [0.15, 0.2) is 5.13 Å². The molecule has 1 aromatic heterocycles. The van der Waals surface area contributed by atoms with Crippen molar-refractivity contribution in [2.45, 2.75) is 57.7 Å². The highest BCUT2D eigenvalue weighted by Gasteiger charge is 2.26. The molecular formula is C24H34FN5O3S. The molecule has 0 amide bonds. The second-order valence-electron chi connectivity index (χ2n) is 9.35. The third-order valence-corrected chi connectivity index (χ3v) is 7.59. The van der Waals surface area contributed by atoms with E-state index in [1.54, 1.807) is 6.08 Å². The topological polar surface area (TPSA) is 104 Å². The normalized spacial score (nSPS) is 26.5. The van der Waals surface area contributed by atoms with Crippen molar-refractivity contribution in [3.63, 3.8) is 0 Å². The van der Waals surface area contributed by atoms with Gasteiger partial charge >= 0.3 is 0 Å². The van der Waals surface area contributed by atoms with Gasteiger partial charge in [0.2, 0.25) is 0 Å². The lowest BCUT2D eigenvalue weighted by Gasteiger charge is -2.36. The molecule has 2 atom stereocenters. The molecule has 3 N–H and O–H groups in total. The summed E-state index contributed by atoms with van der Waals surface area (Å²) in [5, 5.41) is 14.9. The molecule has 2 bridgehead atoms. The highest BCUT2D eigenvalue weighted by molar-refractivity contribution is 7.15. The molecule has 0 spiro atoms. The van der Waals surface area contributed by atoms with Gasteiger partial charge in [-0.05, 0) is 67.5 Å². The Morgan fingerprint density at radius 3 is 2.97 bits per heavy atom. The van der Waals surface area contributed by atoms with Crippen LogP contribution in [0.2, 0.25) is 0 Å². The van der Waals surface area contributed by atoms with Crippen molar-refractivity contribution in [2.24, 2.45) is 11.1 Å². The Bertz CT molecular complexity index is 947. The number of allylic oxidation sites excluding steroid dienone is 5. The molecule has 2 unspecified atom stereocenters. The third kappa shape index (κ3) is 6.94. The quantitative estimate of drug-likeness (QED) is 0.572. The number of fused-ring (bicyclic) bond motifs is 2. The van der Waals surface area contributed by atoms with E-state index in [0.717, 1.165) is 32.5 Å². The average molecular weight is 492 g/mol. The Balaban J connectivity index is 1.35. The number of nitrogens with zero attached hydrogens (tertiary/aromatic N) is 4. The fourth-order valence-electron chi connectivity index (χ4n) is 5.07. The van der Waals surface area contributed by atoms with E-state index in [9.17, 15) is 14.4 Å². The number of aromatic nitrogens is 1.